The first-order chi connectivity index (χ1) is 12.3. The van der Waals surface area contributed by atoms with Gasteiger partial charge in [-0.1, -0.05) is 30.3 Å². The minimum Gasteiger partial charge on any atom is -0.462 e. The molecule has 0 N–H and O–H groups in total. The van der Waals surface area contributed by atoms with E-state index in [-0.39, 0.29) is 16.9 Å². The van der Waals surface area contributed by atoms with Gasteiger partial charge in [-0.25, -0.2) is 4.79 Å². The van der Waals surface area contributed by atoms with Crippen LogP contribution in [0.15, 0.2) is 87.5 Å². The van der Waals surface area contributed by atoms with E-state index in [2.05, 4.69) is 18.2 Å². The molecule has 0 fully saturated rings. The van der Waals surface area contributed by atoms with Crippen LogP contribution in [0.2, 0.25) is 0 Å². The van der Waals surface area contributed by atoms with E-state index in [0.717, 1.165) is 21.3 Å². The molecule has 1 unspecified atom stereocenters. The van der Waals surface area contributed by atoms with Gasteiger partial charge < -0.3 is 9.47 Å². The summed E-state index contributed by atoms with van der Waals surface area (Å²) >= 11 is 0. The number of benzene rings is 3. The van der Waals surface area contributed by atoms with Gasteiger partial charge in [0, 0.05) is 6.07 Å². The fourth-order valence-electron chi connectivity index (χ4n) is 2.85. The van der Waals surface area contributed by atoms with Crippen molar-refractivity contribution in [1.29, 1.82) is 0 Å². The molecule has 0 aromatic heterocycles. The molecule has 1 atom stereocenters. The van der Waals surface area contributed by atoms with Crippen LogP contribution in [0, 0.1) is 0 Å². The van der Waals surface area contributed by atoms with Crippen LogP contribution < -0.4 is 4.74 Å². The highest BCUT2D eigenvalue weighted by molar-refractivity contribution is 7.97. The third kappa shape index (κ3) is 2.89. The molecule has 1 heterocycles. The van der Waals surface area contributed by atoms with Gasteiger partial charge in [-0.2, -0.15) is 0 Å². The standard InChI is InChI=1S/C21H17O3S/c1-2-23-21(22)15-12-13-20-18(14-15)24-17-10-6-7-11-19(17)25(20)16-8-4-3-5-9-16/h3-14H,2H2,1H3/q+1. The second kappa shape index (κ2) is 6.65. The van der Waals surface area contributed by atoms with Crippen LogP contribution in [-0.2, 0) is 15.6 Å². The van der Waals surface area contributed by atoms with Crippen molar-refractivity contribution in [2.24, 2.45) is 0 Å². The molecule has 0 bridgehead atoms. The number of hydrogen-bond acceptors (Lipinski definition) is 3. The molecule has 3 aromatic rings. The third-order valence-electron chi connectivity index (χ3n) is 3.94. The molecule has 0 aliphatic carbocycles. The lowest BCUT2D eigenvalue weighted by atomic mass is 10.2. The average Bonchev–Trinajstić information content (AvgIpc) is 2.66. The Morgan fingerprint density at radius 1 is 0.920 bits per heavy atom. The summed E-state index contributed by atoms with van der Waals surface area (Å²) in [7, 11) is -0.260. The highest BCUT2D eigenvalue weighted by Crippen LogP contribution is 2.47. The second-order valence-corrected chi connectivity index (χ2v) is 7.51. The lowest BCUT2D eigenvalue weighted by Gasteiger charge is -2.20. The second-order valence-electron chi connectivity index (χ2n) is 5.55. The molecule has 0 saturated heterocycles. The summed E-state index contributed by atoms with van der Waals surface area (Å²) in [5.41, 5.74) is 0.511. The molecular weight excluding hydrogens is 332 g/mol. The van der Waals surface area contributed by atoms with Crippen LogP contribution in [-0.4, -0.2) is 12.6 Å². The van der Waals surface area contributed by atoms with Gasteiger partial charge in [0.05, 0.1) is 12.2 Å². The van der Waals surface area contributed by atoms with E-state index in [1.165, 1.54) is 4.90 Å². The van der Waals surface area contributed by atoms with Crippen molar-refractivity contribution >= 4 is 16.9 Å². The summed E-state index contributed by atoms with van der Waals surface area (Å²) in [5.74, 6) is 1.23. The highest BCUT2D eigenvalue weighted by atomic mass is 32.2. The Morgan fingerprint density at radius 3 is 2.44 bits per heavy atom. The van der Waals surface area contributed by atoms with Crippen LogP contribution in [0.4, 0.5) is 0 Å². The molecule has 0 amide bonds. The van der Waals surface area contributed by atoms with Gasteiger partial charge in [0.15, 0.2) is 16.4 Å². The van der Waals surface area contributed by atoms with E-state index in [1.807, 2.05) is 48.5 Å². The minimum absolute atomic E-state index is 0.260. The van der Waals surface area contributed by atoms with Crippen LogP contribution in [0.5, 0.6) is 11.5 Å². The SMILES string of the molecule is CCOC(=O)c1ccc2c(c1)Oc1ccccc1[S+]2c1ccccc1. The molecule has 1 aliphatic heterocycles. The zero-order valence-corrected chi connectivity index (χ0v) is 14.6. The third-order valence-corrected chi connectivity index (χ3v) is 6.24. The Hall–Kier alpha value is -2.72. The fraction of sp³-hybridized carbons (Fsp3) is 0.0952. The molecule has 4 heteroatoms. The summed E-state index contributed by atoms with van der Waals surface area (Å²) in [6, 6.07) is 24.0. The molecule has 0 saturated carbocycles. The van der Waals surface area contributed by atoms with E-state index in [1.54, 1.807) is 13.0 Å². The Balaban J connectivity index is 1.85. The van der Waals surface area contributed by atoms with Gasteiger partial charge in [-0.3, -0.25) is 0 Å². The van der Waals surface area contributed by atoms with Crippen LogP contribution >= 0.6 is 0 Å². The van der Waals surface area contributed by atoms with E-state index in [4.69, 9.17) is 9.47 Å². The maximum Gasteiger partial charge on any atom is 0.338 e. The minimum atomic E-state index is -0.327. The first kappa shape index (κ1) is 15.8. The maximum atomic E-state index is 12.1. The molecule has 4 rings (SSSR count). The van der Waals surface area contributed by atoms with Crippen molar-refractivity contribution < 1.29 is 14.3 Å². The number of ether oxygens (including phenoxy) is 2. The summed E-state index contributed by atoms with van der Waals surface area (Å²) in [5, 5.41) is 0. The average molecular weight is 349 g/mol. The zero-order chi connectivity index (χ0) is 17.2. The molecule has 124 valence electrons. The summed E-state index contributed by atoms with van der Waals surface area (Å²) < 4.78 is 11.2. The van der Waals surface area contributed by atoms with Crippen LogP contribution in [0.25, 0.3) is 0 Å². The number of carbonyl (C=O) groups is 1. The number of fused-ring (bicyclic) bond motifs is 2. The monoisotopic (exact) mass is 349 g/mol. The van der Waals surface area contributed by atoms with Crippen molar-refractivity contribution in [3.05, 3.63) is 78.4 Å². The van der Waals surface area contributed by atoms with Gasteiger partial charge in [0.2, 0.25) is 9.79 Å². The van der Waals surface area contributed by atoms with E-state index < -0.39 is 0 Å². The number of hydrogen-bond donors (Lipinski definition) is 0. The molecule has 0 spiro atoms. The summed E-state index contributed by atoms with van der Waals surface area (Å²) in [6.45, 7) is 2.16. The van der Waals surface area contributed by atoms with E-state index in [0.29, 0.717) is 12.2 Å². The van der Waals surface area contributed by atoms with Gasteiger partial charge in [0.1, 0.15) is 10.9 Å². The van der Waals surface area contributed by atoms with Crippen molar-refractivity contribution in [2.45, 2.75) is 21.6 Å². The predicted molar refractivity (Wildman–Crippen MR) is 97.5 cm³/mol. The number of para-hydroxylation sites is 1. The van der Waals surface area contributed by atoms with Crippen molar-refractivity contribution in [3.8, 4) is 11.5 Å². The Labute approximate surface area is 149 Å². The summed E-state index contributed by atoms with van der Waals surface area (Å²) in [4.78, 5) is 15.5. The number of rotatable bonds is 3. The first-order valence-electron chi connectivity index (χ1n) is 8.15. The number of esters is 1. The first-order valence-corrected chi connectivity index (χ1v) is 9.38. The topological polar surface area (TPSA) is 35.5 Å². The van der Waals surface area contributed by atoms with E-state index in [9.17, 15) is 4.79 Å². The van der Waals surface area contributed by atoms with Crippen LogP contribution in [0.1, 0.15) is 17.3 Å². The number of carbonyl (C=O) groups excluding carboxylic acids is 1. The van der Waals surface area contributed by atoms with Gasteiger partial charge in [-0.15, -0.1) is 0 Å². The maximum absolute atomic E-state index is 12.1. The smallest absolute Gasteiger partial charge is 0.338 e. The lowest BCUT2D eigenvalue weighted by Crippen LogP contribution is -2.13. The van der Waals surface area contributed by atoms with Crippen molar-refractivity contribution in [1.82, 2.24) is 0 Å². The Morgan fingerprint density at radius 2 is 1.64 bits per heavy atom. The quantitative estimate of drug-likeness (QED) is 0.383. The van der Waals surface area contributed by atoms with Crippen LogP contribution in [0.3, 0.4) is 0 Å². The predicted octanol–water partition coefficient (Wildman–Crippen LogP) is 5.06. The molecule has 1 aliphatic rings. The van der Waals surface area contributed by atoms with Gasteiger partial charge in [-0.05, 0) is 43.3 Å². The largest absolute Gasteiger partial charge is 0.462 e. The molecular formula is C21H17O3S+. The van der Waals surface area contributed by atoms with E-state index >= 15 is 0 Å². The lowest BCUT2D eigenvalue weighted by molar-refractivity contribution is 0.0526. The molecule has 3 aromatic carbocycles. The molecule has 3 nitrogen and oxygen atoms in total. The van der Waals surface area contributed by atoms with Gasteiger partial charge in [0.25, 0.3) is 0 Å². The Kier molecular flexibility index (Phi) is 4.20. The normalized spacial score (nSPS) is 14.8. The molecule has 25 heavy (non-hydrogen) atoms. The van der Waals surface area contributed by atoms with Crippen molar-refractivity contribution in [3.63, 3.8) is 0 Å². The molecule has 0 radical (unpaired) electrons. The zero-order valence-electron chi connectivity index (χ0n) is 13.8. The van der Waals surface area contributed by atoms with Gasteiger partial charge >= 0.3 is 5.97 Å². The van der Waals surface area contributed by atoms with Crippen molar-refractivity contribution in [2.75, 3.05) is 6.61 Å². The summed E-state index contributed by atoms with van der Waals surface area (Å²) in [6.07, 6.45) is 0. The highest BCUT2D eigenvalue weighted by Gasteiger charge is 2.39. The Bertz CT molecular complexity index is 921. The fourth-order valence-corrected chi connectivity index (χ4v) is 5.05.